The predicted octanol–water partition coefficient (Wildman–Crippen LogP) is 5.41. The van der Waals surface area contributed by atoms with Crippen LogP contribution in [0.3, 0.4) is 0 Å². The Balaban J connectivity index is 1.27. The highest BCUT2D eigenvalue weighted by molar-refractivity contribution is 5.81. The van der Waals surface area contributed by atoms with Crippen LogP contribution in [0.4, 0.5) is 0 Å². The van der Waals surface area contributed by atoms with Crippen molar-refractivity contribution in [2.75, 3.05) is 13.2 Å². The van der Waals surface area contributed by atoms with Crippen LogP contribution >= 0.6 is 0 Å². The van der Waals surface area contributed by atoms with Crippen molar-refractivity contribution in [3.8, 4) is 5.75 Å². The second-order valence-corrected chi connectivity index (χ2v) is 8.64. The van der Waals surface area contributed by atoms with E-state index in [0.717, 1.165) is 42.0 Å². The van der Waals surface area contributed by atoms with E-state index in [-0.39, 0.29) is 11.8 Å². The average molecular weight is 440 g/mol. The normalized spacial score (nSPS) is 15.9. The predicted molar refractivity (Wildman–Crippen MR) is 130 cm³/mol. The highest BCUT2D eigenvalue weighted by Gasteiger charge is 2.33. The summed E-state index contributed by atoms with van der Waals surface area (Å²) >= 11 is 0. The van der Waals surface area contributed by atoms with Crippen molar-refractivity contribution >= 4 is 16.9 Å². The molecule has 5 heteroatoms. The van der Waals surface area contributed by atoms with E-state index in [9.17, 15) is 4.79 Å². The summed E-state index contributed by atoms with van der Waals surface area (Å²) in [6.07, 6.45) is 2.48. The number of amides is 1. The molecule has 0 spiro atoms. The molecule has 1 amide bonds. The third kappa shape index (κ3) is 4.92. The van der Waals surface area contributed by atoms with Gasteiger partial charge >= 0.3 is 0 Å². The number of rotatable bonds is 9. The molecule has 1 aliphatic heterocycles. The van der Waals surface area contributed by atoms with Gasteiger partial charge in [-0.1, -0.05) is 60.7 Å². The van der Waals surface area contributed by atoms with Crippen LogP contribution in [0.25, 0.3) is 11.0 Å². The molecule has 0 radical (unpaired) electrons. The number of carbonyl (C=O) groups excluding carboxylic acids is 1. The first kappa shape index (κ1) is 21.3. The Kier molecular flexibility index (Phi) is 6.38. The van der Waals surface area contributed by atoms with E-state index in [1.807, 2.05) is 59.5 Å². The minimum Gasteiger partial charge on any atom is -0.494 e. The first-order valence-electron chi connectivity index (χ1n) is 11.7. The molecule has 1 aromatic heterocycles. The van der Waals surface area contributed by atoms with Crippen LogP contribution in [-0.2, 0) is 17.9 Å². The van der Waals surface area contributed by atoms with E-state index in [1.54, 1.807) is 0 Å². The Labute approximate surface area is 194 Å². The fourth-order valence-corrected chi connectivity index (χ4v) is 4.62. The molecule has 1 aliphatic rings. The maximum Gasteiger partial charge on any atom is 0.223 e. The largest absolute Gasteiger partial charge is 0.494 e. The van der Waals surface area contributed by atoms with Gasteiger partial charge in [0.05, 0.1) is 17.6 Å². The highest BCUT2D eigenvalue weighted by Crippen LogP contribution is 2.31. The van der Waals surface area contributed by atoms with Crippen LogP contribution in [0.5, 0.6) is 5.75 Å². The van der Waals surface area contributed by atoms with E-state index < -0.39 is 0 Å². The summed E-state index contributed by atoms with van der Waals surface area (Å²) in [5, 5.41) is 0. The first-order chi connectivity index (χ1) is 16.3. The SMILES string of the molecule is O=C1CC(c2nc3ccccc3n2CCCCOc2ccccc2)CN1Cc1ccccc1. The average Bonchev–Trinajstić information content (AvgIpc) is 3.40. The van der Waals surface area contributed by atoms with Gasteiger partial charge in [-0.15, -0.1) is 0 Å². The Morgan fingerprint density at radius 3 is 2.42 bits per heavy atom. The number of benzene rings is 3. The van der Waals surface area contributed by atoms with Gasteiger partial charge in [0, 0.05) is 32.0 Å². The molecule has 168 valence electrons. The minimum absolute atomic E-state index is 0.120. The minimum atomic E-state index is 0.120. The van der Waals surface area contributed by atoms with Gasteiger partial charge < -0.3 is 14.2 Å². The number of nitrogens with zero attached hydrogens (tertiary/aromatic N) is 3. The second-order valence-electron chi connectivity index (χ2n) is 8.64. The van der Waals surface area contributed by atoms with Crippen molar-refractivity contribution in [2.24, 2.45) is 0 Å². The molecular formula is C28H29N3O2. The smallest absolute Gasteiger partial charge is 0.223 e. The van der Waals surface area contributed by atoms with Crippen molar-refractivity contribution in [1.82, 2.24) is 14.5 Å². The van der Waals surface area contributed by atoms with Crippen LogP contribution in [0.1, 0.15) is 36.6 Å². The zero-order chi connectivity index (χ0) is 22.5. The number of ether oxygens (including phenoxy) is 1. The number of carbonyl (C=O) groups is 1. The third-order valence-electron chi connectivity index (χ3n) is 6.27. The number of likely N-dealkylation sites (tertiary alicyclic amines) is 1. The molecule has 1 saturated heterocycles. The van der Waals surface area contributed by atoms with Gasteiger partial charge in [-0.25, -0.2) is 4.98 Å². The van der Waals surface area contributed by atoms with Crippen molar-refractivity contribution in [3.05, 3.63) is 96.3 Å². The van der Waals surface area contributed by atoms with E-state index >= 15 is 0 Å². The number of hydrogen-bond acceptors (Lipinski definition) is 3. The number of imidazole rings is 1. The van der Waals surface area contributed by atoms with Crippen LogP contribution in [0.15, 0.2) is 84.9 Å². The number of aromatic nitrogens is 2. The molecule has 4 aromatic rings. The number of hydrogen-bond donors (Lipinski definition) is 0. The highest BCUT2D eigenvalue weighted by atomic mass is 16.5. The molecule has 5 nitrogen and oxygen atoms in total. The van der Waals surface area contributed by atoms with Crippen molar-refractivity contribution in [2.45, 2.75) is 38.3 Å². The third-order valence-corrected chi connectivity index (χ3v) is 6.27. The zero-order valence-electron chi connectivity index (χ0n) is 18.8. The molecule has 33 heavy (non-hydrogen) atoms. The van der Waals surface area contributed by atoms with Crippen LogP contribution in [0.2, 0.25) is 0 Å². The summed E-state index contributed by atoms with van der Waals surface area (Å²) in [6.45, 7) is 2.94. The fourth-order valence-electron chi connectivity index (χ4n) is 4.62. The standard InChI is InChI=1S/C28H29N3O2/c32-27-19-23(21-30(27)20-22-11-3-1-4-12-22)28-29-25-15-7-8-16-26(25)31(28)17-9-10-18-33-24-13-5-2-6-14-24/h1-8,11-16,23H,9-10,17-21H2. The maximum absolute atomic E-state index is 12.8. The van der Waals surface area contributed by atoms with Gasteiger partial charge in [0.25, 0.3) is 0 Å². The molecule has 1 atom stereocenters. The molecule has 1 unspecified atom stereocenters. The Bertz CT molecular complexity index is 1200. The van der Waals surface area contributed by atoms with Crippen LogP contribution in [0, 0.1) is 0 Å². The van der Waals surface area contributed by atoms with Gasteiger partial charge in [0.2, 0.25) is 5.91 Å². The van der Waals surface area contributed by atoms with E-state index in [2.05, 4.69) is 34.9 Å². The summed E-state index contributed by atoms with van der Waals surface area (Å²) in [4.78, 5) is 19.7. The van der Waals surface area contributed by atoms with Crippen molar-refractivity contribution < 1.29 is 9.53 Å². The molecule has 2 heterocycles. The van der Waals surface area contributed by atoms with Gasteiger partial charge in [-0.05, 0) is 42.7 Å². The lowest BCUT2D eigenvalue weighted by Gasteiger charge is -2.17. The van der Waals surface area contributed by atoms with Gasteiger partial charge in [-0.3, -0.25) is 4.79 Å². The number of para-hydroxylation sites is 3. The van der Waals surface area contributed by atoms with Crippen molar-refractivity contribution in [3.63, 3.8) is 0 Å². The summed E-state index contributed by atoms with van der Waals surface area (Å²) < 4.78 is 8.17. The molecule has 5 rings (SSSR count). The Hall–Kier alpha value is -3.60. The summed E-state index contributed by atoms with van der Waals surface area (Å²) in [5.41, 5.74) is 3.31. The molecule has 1 fully saturated rings. The molecular weight excluding hydrogens is 410 g/mol. The topological polar surface area (TPSA) is 47.4 Å². The van der Waals surface area contributed by atoms with E-state index in [0.29, 0.717) is 26.1 Å². The van der Waals surface area contributed by atoms with E-state index in [1.165, 1.54) is 5.56 Å². The quantitative estimate of drug-likeness (QED) is 0.328. The molecule has 0 bridgehead atoms. The second kappa shape index (κ2) is 9.90. The first-order valence-corrected chi connectivity index (χ1v) is 11.7. The summed E-state index contributed by atoms with van der Waals surface area (Å²) in [5.74, 6) is 2.27. The van der Waals surface area contributed by atoms with Gasteiger partial charge in [-0.2, -0.15) is 0 Å². The lowest BCUT2D eigenvalue weighted by molar-refractivity contribution is -0.128. The summed E-state index contributed by atoms with van der Waals surface area (Å²) in [7, 11) is 0. The number of fused-ring (bicyclic) bond motifs is 1. The lowest BCUT2D eigenvalue weighted by atomic mass is 10.1. The van der Waals surface area contributed by atoms with Gasteiger partial charge in [0.1, 0.15) is 11.6 Å². The van der Waals surface area contributed by atoms with E-state index in [4.69, 9.17) is 9.72 Å². The Morgan fingerprint density at radius 2 is 1.61 bits per heavy atom. The maximum atomic E-state index is 12.8. The fraction of sp³-hybridized carbons (Fsp3) is 0.286. The molecule has 0 aliphatic carbocycles. The van der Waals surface area contributed by atoms with Crippen LogP contribution in [-0.4, -0.2) is 33.5 Å². The number of aryl methyl sites for hydroxylation is 1. The summed E-state index contributed by atoms with van der Waals surface area (Å²) in [6, 6.07) is 28.4. The zero-order valence-corrected chi connectivity index (χ0v) is 18.8. The molecule has 3 aromatic carbocycles. The van der Waals surface area contributed by atoms with Crippen LogP contribution < -0.4 is 4.74 Å². The molecule has 0 N–H and O–H groups in total. The number of unbranched alkanes of at least 4 members (excludes halogenated alkanes) is 1. The lowest BCUT2D eigenvalue weighted by Crippen LogP contribution is -2.24. The van der Waals surface area contributed by atoms with Gasteiger partial charge in [0.15, 0.2) is 0 Å². The Morgan fingerprint density at radius 1 is 0.879 bits per heavy atom. The monoisotopic (exact) mass is 439 g/mol. The van der Waals surface area contributed by atoms with Crippen molar-refractivity contribution in [1.29, 1.82) is 0 Å². The molecule has 0 saturated carbocycles.